The zero-order valence-electron chi connectivity index (χ0n) is 14.8. The topological polar surface area (TPSA) is 40.2 Å². The van der Waals surface area contributed by atoms with Gasteiger partial charge in [0.25, 0.3) is 0 Å². The minimum Gasteiger partial charge on any atom is -0.493 e. The summed E-state index contributed by atoms with van der Waals surface area (Å²) in [5.41, 5.74) is 1.50. The van der Waals surface area contributed by atoms with Gasteiger partial charge in [0, 0.05) is 31.3 Å². The Morgan fingerprint density at radius 1 is 1.08 bits per heavy atom. The molecule has 1 spiro atoms. The lowest BCUT2D eigenvalue weighted by Crippen LogP contribution is -2.48. The monoisotopic (exact) mass is 333 g/mol. The molecule has 0 aromatic heterocycles. The first-order valence-corrected chi connectivity index (χ1v) is 8.80. The maximum absolute atomic E-state index is 6.00. The van der Waals surface area contributed by atoms with Crippen LogP contribution in [0.1, 0.15) is 24.8 Å². The fourth-order valence-electron chi connectivity index (χ4n) is 5.04. The molecule has 1 aromatic rings. The second-order valence-electron chi connectivity index (χ2n) is 7.43. The molecule has 0 N–H and O–H groups in total. The highest BCUT2D eigenvalue weighted by Crippen LogP contribution is 2.54. The molecule has 0 radical (unpaired) electrons. The number of likely N-dealkylation sites (tertiary alicyclic amines) is 1. The number of fused-ring (bicyclic) bond motifs is 1. The number of rotatable bonds is 3. The van der Waals surface area contributed by atoms with Crippen molar-refractivity contribution in [3.8, 4) is 11.5 Å². The molecular weight excluding hydrogens is 306 g/mol. The van der Waals surface area contributed by atoms with E-state index in [0.717, 1.165) is 57.1 Å². The van der Waals surface area contributed by atoms with Crippen LogP contribution in [-0.2, 0) is 14.9 Å². The third-order valence-electron chi connectivity index (χ3n) is 6.15. The molecule has 2 aliphatic heterocycles. The Hall–Kier alpha value is -1.30. The summed E-state index contributed by atoms with van der Waals surface area (Å²) in [6.07, 6.45) is 3.02. The maximum Gasteiger partial charge on any atom is 0.168 e. The smallest absolute Gasteiger partial charge is 0.168 e. The van der Waals surface area contributed by atoms with E-state index in [2.05, 4.69) is 24.1 Å². The molecule has 4 rings (SSSR count). The molecular formula is C19H27NO4. The predicted octanol–water partition coefficient (Wildman–Crippen LogP) is 2.43. The van der Waals surface area contributed by atoms with E-state index < -0.39 is 0 Å². The zero-order valence-corrected chi connectivity index (χ0v) is 14.8. The van der Waals surface area contributed by atoms with Gasteiger partial charge in [-0.25, -0.2) is 0 Å². The van der Waals surface area contributed by atoms with Crippen molar-refractivity contribution in [1.82, 2.24) is 4.90 Å². The van der Waals surface area contributed by atoms with Crippen LogP contribution in [0.15, 0.2) is 18.2 Å². The Labute approximate surface area is 143 Å². The number of ether oxygens (including phenoxy) is 4. The first-order chi connectivity index (χ1) is 11.6. The van der Waals surface area contributed by atoms with Crippen LogP contribution in [0.2, 0.25) is 0 Å². The van der Waals surface area contributed by atoms with Gasteiger partial charge < -0.3 is 23.8 Å². The Bertz CT molecular complexity index is 613. The fraction of sp³-hybridized carbons (Fsp3) is 0.684. The summed E-state index contributed by atoms with van der Waals surface area (Å²) in [6.45, 7) is 3.61. The van der Waals surface area contributed by atoms with Gasteiger partial charge in [0.05, 0.1) is 27.4 Å². The van der Waals surface area contributed by atoms with Crippen molar-refractivity contribution in [2.24, 2.45) is 5.92 Å². The summed E-state index contributed by atoms with van der Waals surface area (Å²) in [7, 11) is 5.60. The second-order valence-corrected chi connectivity index (χ2v) is 7.43. The van der Waals surface area contributed by atoms with Gasteiger partial charge in [-0.15, -0.1) is 0 Å². The second kappa shape index (κ2) is 5.90. The summed E-state index contributed by atoms with van der Waals surface area (Å²) in [5, 5.41) is 0. The molecule has 2 atom stereocenters. The normalized spacial score (nSPS) is 32.0. The molecule has 2 heterocycles. The Balaban J connectivity index is 1.69. The van der Waals surface area contributed by atoms with Crippen LogP contribution in [0.5, 0.6) is 11.5 Å². The molecule has 24 heavy (non-hydrogen) atoms. The number of benzene rings is 1. The lowest BCUT2D eigenvalue weighted by molar-refractivity contribution is -0.194. The van der Waals surface area contributed by atoms with E-state index in [0.29, 0.717) is 5.92 Å². The largest absolute Gasteiger partial charge is 0.493 e. The van der Waals surface area contributed by atoms with Crippen LogP contribution < -0.4 is 9.47 Å². The first kappa shape index (κ1) is 16.2. The van der Waals surface area contributed by atoms with Gasteiger partial charge >= 0.3 is 0 Å². The summed E-state index contributed by atoms with van der Waals surface area (Å²) in [4.78, 5) is 2.44. The van der Waals surface area contributed by atoms with Crippen molar-refractivity contribution in [2.45, 2.75) is 30.5 Å². The highest BCUT2D eigenvalue weighted by atomic mass is 16.7. The van der Waals surface area contributed by atoms with Gasteiger partial charge in [0.2, 0.25) is 0 Å². The molecule has 0 amide bonds. The predicted molar refractivity (Wildman–Crippen MR) is 90.7 cm³/mol. The lowest BCUT2D eigenvalue weighted by Gasteiger charge is -2.46. The van der Waals surface area contributed by atoms with Gasteiger partial charge in [0.1, 0.15) is 0 Å². The minimum atomic E-state index is -0.337. The number of nitrogens with zero attached hydrogens (tertiary/aromatic N) is 1. The van der Waals surface area contributed by atoms with Crippen LogP contribution in [-0.4, -0.2) is 58.3 Å². The van der Waals surface area contributed by atoms with Crippen LogP contribution in [0.3, 0.4) is 0 Å². The van der Waals surface area contributed by atoms with Crippen molar-refractivity contribution in [1.29, 1.82) is 0 Å². The number of hydrogen-bond donors (Lipinski definition) is 0. The van der Waals surface area contributed by atoms with Crippen molar-refractivity contribution in [2.75, 3.05) is 47.6 Å². The Kier molecular flexibility index (Phi) is 3.98. The highest BCUT2D eigenvalue weighted by Gasteiger charge is 2.56. The summed E-state index contributed by atoms with van der Waals surface area (Å²) in [5.74, 6) is 1.80. The van der Waals surface area contributed by atoms with E-state index in [1.165, 1.54) is 5.56 Å². The number of methoxy groups -OCH3 is 2. The molecule has 5 heteroatoms. The average Bonchev–Trinajstić information content (AvgIpc) is 3.18. The summed E-state index contributed by atoms with van der Waals surface area (Å²) >= 11 is 0. The molecule has 5 nitrogen and oxygen atoms in total. The molecule has 3 fully saturated rings. The molecule has 132 valence electrons. The minimum absolute atomic E-state index is 0.148. The van der Waals surface area contributed by atoms with E-state index in [9.17, 15) is 0 Å². The van der Waals surface area contributed by atoms with E-state index in [1.807, 2.05) is 6.07 Å². The summed E-state index contributed by atoms with van der Waals surface area (Å²) in [6, 6.07) is 6.41. The molecule has 0 bridgehead atoms. The number of hydrogen-bond acceptors (Lipinski definition) is 5. The van der Waals surface area contributed by atoms with Gasteiger partial charge in [-0.2, -0.15) is 0 Å². The van der Waals surface area contributed by atoms with Gasteiger partial charge in [-0.1, -0.05) is 6.07 Å². The molecule has 1 aromatic carbocycles. The lowest BCUT2D eigenvalue weighted by atomic mass is 9.63. The third-order valence-corrected chi connectivity index (χ3v) is 6.15. The molecule has 3 aliphatic rings. The average molecular weight is 333 g/mol. The Morgan fingerprint density at radius 3 is 2.54 bits per heavy atom. The maximum atomic E-state index is 6.00. The fourth-order valence-corrected chi connectivity index (χ4v) is 5.04. The van der Waals surface area contributed by atoms with E-state index >= 15 is 0 Å². The van der Waals surface area contributed by atoms with Crippen molar-refractivity contribution in [3.63, 3.8) is 0 Å². The molecule has 0 unspecified atom stereocenters. The standard InChI is InChI=1S/C19H27NO4/c1-20-12-15-11-19(23-8-9-24-19)7-6-18(15,13-20)14-4-5-16(21-2)17(10-14)22-3/h4-5,10,15H,6-9,11-13H2,1-3H3/t15-,18+/m1/s1. The van der Waals surface area contributed by atoms with E-state index in [1.54, 1.807) is 14.2 Å². The first-order valence-electron chi connectivity index (χ1n) is 8.80. The Morgan fingerprint density at radius 2 is 1.83 bits per heavy atom. The van der Waals surface area contributed by atoms with Gasteiger partial charge in [0.15, 0.2) is 17.3 Å². The molecule has 2 saturated heterocycles. The zero-order chi connectivity index (χ0) is 16.8. The number of likely N-dealkylation sites (N-methyl/N-ethyl adjacent to an activating group) is 1. The van der Waals surface area contributed by atoms with Crippen LogP contribution >= 0.6 is 0 Å². The third kappa shape index (κ3) is 2.41. The van der Waals surface area contributed by atoms with Gasteiger partial charge in [-0.05, 0) is 37.1 Å². The van der Waals surface area contributed by atoms with Crippen LogP contribution in [0.4, 0.5) is 0 Å². The van der Waals surface area contributed by atoms with Crippen molar-refractivity contribution in [3.05, 3.63) is 23.8 Å². The highest BCUT2D eigenvalue weighted by molar-refractivity contribution is 5.46. The van der Waals surface area contributed by atoms with Crippen LogP contribution in [0.25, 0.3) is 0 Å². The van der Waals surface area contributed by atoms with Gasteiger partial charge in [-0.3, -0.25) is 0 Å². The SMILES string of the molecule is COc1ccc([C@@]23CCC4(C[C@@H]2CN(C)C3)OCCO4)cc1OC. The summed E-state index contributed by atoms with van der Waals surface area (Å²) < 4.78 is 23.0. The van der Waals surface area contributed by atoms with Crippen molar-refractivity contribution >= 4 is 0 Å². The molecule has 1 saturated carbocycles. The van der Waals surface area contributed by atoms with Crippen molar-refractivity contribution < 1.29 is 18.9 Å². The molecule has 1 aliphatic carbocycles. The van der Waals surface area contributed by atoms with E-state index in [4.69, 9.17) is 18.9 Å². The quantitative estimate of drug-likeness (QED) is 0.850. The van der Waals surface area contributed by atoms with Crippen LogP contribution in [0, 0.1) is 5.92 Å². The van der Waals surface area contributed by atoms with E-state index in [-0.39, 0.29) is 11.2 Å².